The number of H-pyrrole nitrogens is 1. The number of nitrogen functional groups attached to an aromatic ring is 1. The van der Waals surface area contributed by atoms with Crippen LogP contribution in [0.15, 0.2) is 30.6 Å². The first-order chi connectivity index (χ1) is 9.61. The molecular formula is C13H15N5O2. The summed E-state index contributed by atoms with van der Waals surface area (Å²) in [7, 11) is 0. The second-order valence-electron chi connectivity index (χ2n) is 4.06. The monoisotopic (exact) mass is 273 g/mol. The van der Waals surface area contributed by atoms with Crippen molar-refractivity contribution in [1.29, 1.82) is 0 Å². The number of hydrogen-bond donors (Lipinski definition) is 4. The minimum absolute atomic E-state index is 0.0489. The van der Waals surface area contributed by atoms with Gasteiger partial charge in [-0.1, -0.05) is 0 Å². The van der Waals surface area contributed by atoms with Crippen molar-refractivity contribution >= 4 is 23.2 Å². The molecule has 0 saturated heterocycles. The topological polar surface area (TPSA) is 113 Å². The molecule has 104 valence electrons. The van der Waals surface area contributed by atoms with E-state index >= 15 is 0 Å². The Balaban J connectivity index is 2.15. The lowest BCUT2D eigenvalue weighted by Crippen LogP contribution is -2.26. The highest BCUT2D eigenvalue weighted by Gasteiger charge is 2.19. The zero-order chi connectivity index (χ0) is 14.5. The van der Waals surface area contributed by atoms with E-state index < -0.39 is 5.91 Å². The molecule has 0 atom stereocenters. The van der Waals surface area contributed by atoms with E-state index in [1.807, 2.05) is 0 Å². The Morgan fingerprint density at radius 1 is 1.25 bits per heavy atom. The highest BCUT2D eigenvalue weighted by molar-refractivity contribution is 6.10. The Morgan fingerprint density at radius 2 is 1.95 bits per heavy atom. The largest absolute Gasteiger partial charge is 0.399 e. The van der Waals surface area contributed by atoms with Crippen molar-refractivity contribution in [3.05, 3.63) is 42.0 Å². The Bertz CT molecular complexity index is 618. The third kappa shape index (κ3) is 2.94. The van der Waals surface area contributed by atoms with Crippen molar-refractivity contribution in [1.82, 2.24) is 15.3 Å². The maximum atomic E-state index is 12.1. The highest BCUT2D eigenvalue weighted by atomic mass is 16.2. The Hall–Kier alpha value is -2.83. The van der Waals surface area contributed by atoms with Gasteiger partial charge in [0.05, 0.1) is 6.33 Å². The van der Waals surface area contributed by atoms with E-state index in [1.165, 1.54) is 6.33 Å². The van der Waals surface area contributed by atoms with Crippen LogP contribution in [0.3, 0.4) is 0 Å². The number of nitrogens with two attached hydrogens (primary N) is 1. The van der Waals surface area contributed by atoms with Gasteiger partial charge >= 0.3 is 0 Å². The highest BCUT2D eigenvalue weighted by Crippen LogP contribution is 2.12. The summed E-state index contributed by atoms with van der Waals surface area (Å²) in [5.74, 6) is -0.829. The van der Waals surface area contributed by atoms with Crippen molar-refractivity contribution in [3.8, 4) is 0 Å². The lowest BCUT2D eigenvalue weighted by atomic mass is 10.2. The van der Waals surface area contributed by atoms with E-state index in [0.717, 1.165) is 0 Å². The van der Waals surface area contributed by atoms with Crippen LogP contribution >= 0.6 is 0 Å². The minimum Gasteiger partial charge on any atom is -0.399 e. The number of carbonyl (C=O) groups excluding carboxylic acids is 2. The number of anilines is 2. The van der Waals surface area contributed by atoms with E-state index in [9.17, 15) is 9.59 Å². The molecule has 0 saturated carbocycles. The summed E-state index contributed by atoms with van der Waals surface area (Å²) in [5.41, 5.74) is 6.93. The van der Waals surface area contributed by atoms with Crippen LogP contribution in [0.2, 0.25) is 0 Å². The standard InChI is InChI=1S/C13H15N5O2/c1-2-15-12(19)10-11(17-7-16-10)13(20)18-9-5-3-8(14)4-6-9/h3-7H,2,14H2,1H3,(H,15,19)(H,16,17)(H,18,20). The predicted molar refractivity (Wildman–Crippen MR) is 75.4 cm³/mol. The first-order valence-electron chi connectivity index (χ1n) is 6.10. The first kappa shape index (κ1) is 13.6. The molecule has 0 aliphatic rings. The molecule has 7 nitrogen and oxygen atoms in total. The zero-order valence-corrected chi connectivity index (χ0v) is 10.9. The predicted octanol–water partition coefficient (Wildman–Crippen LogP) is 0.994. The summed E-state index contributed by atoms with van der Waals surface area (Å²) in [4.78, 5) is 30.4. The van der Waals surface area contributed by atoms with E-state index in [-0.39, 0.29) is 17.3 Å². The Labute approximate surface area is 115 Å². The van der Waals surface area contributed by atoms with Crippen LogP contribution in [-0.2, 0) is 0 Å². The van der Waals surface area contributed by atoms with Gasteiger partial charge in [0.25, 0.3) is 11.8 Å². The van der Waals surface area contributed by atoms with Crippen molar-refractivity contribution < 1.29 is 9.59 Å². The molecule has 0 radical (unpaired) electrons. The van der Waals surface area contributed by atoms with E-state index in [4.69, 9.17) is 5.73 Å². The molecule has 5 N–H and O–H groups in total. The van der Waals surface area contributed by atoms with Gasteiger partial charge in [-0.3, -0.25) is 9.59 Å². The smallest absolute Gasteiger partial charge is 0.276 e. The second kappa shape index (κ2) is 5.87. The van der Waals surface area contributed by atoms with Crippen LogP contribution < -0.4 is 16.4 Å². The molecule has 1 aromatic heterocycles. The van der Waals surface area contributed by atoms with E-state index in [2.05, 4.69) is 20.6 Å². The summed E-state index contributed by atoms with van der Waals surface area (Å²) in [6.45, 7) is 2.26. The first-order valence-corrected chi connectivity index (χ1v) is 6.10. The number of aromatic amines is 1. The number of imidazole rings is 1. The molecule has 2 amide bonds. The molecule has 0 aliphatic carbocycles. The van der Waals surface area contributed by atoms with Gasteiger partial charge < -0.3 is 21.4 Å². The maximum absolute atomic E-state index is 12.1. The summed E-state index contributed by atoms with van der Waals surface area (Å²) in [6.07, 6.45) is 1.31. The second-order valence-corrected chi connectivity index (χ2v) is 4.06. The van der Waals surface area contributed by atoms with Crippen LogP contribution in [0.5, 0.6) is 0 Å². The lowest BCUT2D eigenvalue weighted by Gasteiger charge is -2.05. The summed E-state index contributed by atoms with van der Waals surface area (Å²) in [5, 5.41) is 5.26. The third-order valence-corrected chi connectivity index (χ3v) is 2.59. The molecular weight excluding hydrogens is 258 g/mol. The molecule has 0 fully saturated rings. The fourth-order valence-electron chi connectivity index (χ4n) is 1.65. The van der Waals surface area contributed by atoms with Crippen LogP contribution in [0.4, 0.5) is 11.4 Å². The molecule has 0 aliphatic heterocycles. The molecule has 1 aromatic carbocycles. The van der Waals surface area contributed by atoms with Gasteiger partial charge in [0.1, 0.15) is 5.69 Å². The van der Waals surface area contributed by atoms with E-state index in [1.54, 1.807) is 31.2 Å². The van der Waals surface area contributed by atoms with Gasteiger partial charge in [-0.05, 0) is 31.2 Å². The number of carbonyl (C=O) groups is 2. The molecule has 1 heterocycles. The molecule has 20 heavy (non-hydrogen) atoms. The van der Waals surface area contributed by atoms with Crippen LogP contribution in [0.1, 0.15) is 27.9 Å². The average Bonchev–Trinajstić information content (AvgIpc) is 2.91. The van der Waals surface area contributed by atoms with Crippen molar-refractivity contribution in [2.45, 2.75) is 6.92 Å². The Kier molecular flexibility index (Phi) is 3.99. The molecule has 2 aromatic rings. The van der Waals surface area contributed by atoms with Crippen LogP contribution in [0, 0.1) is 0 Å². The number of aromatic nitrogens is 2. The van der Waals surface area contributed by atoms with Gasteiger partial charge in [0.2, 0.25) is 0 Å². The van der Waals surface area contributed by atoms with Gasteiger partial charge in [0.15, 0.2) is 5.69 Å². The number of nitrogens with one attached hydrogen (secondary N) is 3. The summed E-state index contributed by atoms with van der Waals surface area (Å²) in [6, 6.07) is 6.69. The number of hydrogen-bond acceptors (Lipinski definition) is 4. The number of amides is 2. The third-order valence-electron chi connectivity index (χ3n) is 2.59. The maximum Gasteiger partial charge on any atom is 0.276 e. The van der Waals surface area contributed by atoms with Crippen LogP contribution in [-0.4, -0.2) is 28.3 Å². The molecule has 2 rings (SSSR count). The summed E-state index contributed by atoms with van der Waals surface area (Å²) < 4.78 is 0. The lowest BCUT2D eigenvalue weighted by molar-refractivity contribution is 0.0937. The van der Waals surface area contributed by atoms with Crippen molar-refractivity contribution in [2.24, 2.45) is 0 Å². The molecule has 0 unspecified atom stereocenters. The molecule has 0 bridgehead atoms. The number of benzene rings is 1. The van der Waals surface area contributed by atoms with Crippen LogP contribution in [0.25, 0.3) is 0 Å². The zero-order valence-electron chi connectivity index (χ0n) is 10.9. The average molecular weight is 273 g/mol. The van der Waals surface area contributed by atoms with Gasteiger partial charge in [-0.25, -0.2) is 4.98 Å². The van der Waals surface area contributed by atoms with Gasteiger partial charge in [-0.15, -0.1) is 0 Å². The fraction of sp³-hybridized carbons (Fsp3) is 0.154. The summed E-state index contributed by atoms with van der Waals surface area (Å²) >= 11 is 0. The normalized spacial score (nSPS) is 10.1. The van der Waals surface area contributed by atoms with Gasteiger partial charge in [-0.2, -0.15) is 0 Å². The van der Waals surface area contributed by atoms with Crippen molar-refractivity contribution in [3.63, 3.8) is 0 Å². The fourth-order valence-corrected chi connectivity index (χ4v) is 1.65. The van der Waals surface area contributed by atoms with Crippen molar-refractivity contribution in [2.75, 3.05) is 17.6 Å². The Morgan fingerprint density at radius 3 is 2.60 bits per heavy atom. The SMILES string of the molecule is CCNC(=O)c1[nH]cnc1C(=O)Nc1ccc(N)cc1. The molecule has 7 heteroatoms. The van der Waals surface area contributed by atoms with Gasteiger partial charge in [0, 0.05) is 17.9 Å². The minimum atomic E-state index is -0.461. The quantitative estimate of drug-likeness (QED) is 0.622. The number of rotatable bonds is 4. The molecule has 0 spiro atoms. The number of nitrogens with zero attached hydrogens (tertiary/aromatic N) is 1. The van der Waals surface area contributed by atoms with E-state index in [0.29, 0.717) is 17.9 Å².